The lowest BCUT2D eigenvalue weighted by Crippen LogP contribution is -2.50. The van der Waals surface area contributed by atoms with E-state index in [1.165, 1.54) is 0 Å². The Morgan fingerprint density at radius 3 is 2.56 bits per heavy atom. The van der Waals surface area contributed by atoms with Gasteiger partial charge in [0.2, 0.25) is 6.29 Å². The standard InChI is InChI=1S/C24H22Cl2N8OS/c1-24(2,3)31-23(35)29-19-10-7-13-12-27-22(28-14-8-9-17-18(11-14)33-36-32-17)30-21(13)34(19)20-15(25)5-4-6-16(20)26/h4-12,22,28H,1-3H3,(H2,29,31,35). The van der Waals surface area contributed by atoms with Crippen LogP contribution in [0.4, 0.5) is 16.2 Å². The third-order valence-electron chi connectivity index (χ3n) is 5.17. The zero-order valence-electron chi connectivity index (χ0n) is 19.6. The van der Waals surface area contributed by atoms with Gasteiger partial charge in [-0.2, -0.15) is 8.75 Å². The van der Waals surface area contributed by atoms with Crippen molar-refractivity contribution < 1.29 is 4.79 Å². The van der Waals surface area contributed by atoms with Gasteiger partial charge in [-0.25, -0.2) is 14.8 Å². The molecule has 1 unspecified atom stereocenters. The van der Waals surface area contributed by atoms with E-state index in [1.54, 1.807) is 35.4 Å². The highest BCUT2D eigenvalue weighted by Gasteiger charge is 2.31. The molecule has 3 N–H and O–H groups in total. The molecule has 1 atom stereocenters. The van der Waals surface area contributed by atoms with Crippen molar-refractivity contribution in [2.45, 2.75) is 32.6 Å². The van der Waals surface area contributed by atoms with E-state index >= 15 is 0 Å². The highest BCUT2D eigenvalue weighted by atomic mass is 35.5. The number of hydrogen-bond donors (Lipinski definition) is 3. The van der Waals surface area contributed by atoms with Gasteiger partial charge in [-0.3, -0.25) is 10.2 Å². The van der Waals surface area contributed by atoms with Gasteiger partial charge in [0.1, 0.15) is 22.7 Å². The van der Waals surface area contributed by atoms with Gasteiger partial charge in [-0.1, -0.05) is 29.3 Å². The zero-order chi connectivity index (χ0) is 25.4. The first kappa shape index (κ1) is 24.2. The predicted molar refractivity (Wildman–Crippen MR) is 147 cm³/mol. The lowest BCUT2D eigenvalue weighted by Gasteiger charge is -2.35. The topological polar surface area (TPSA) is 107 Å². The lowest BCUT2D eigenvalue weighted by atomic mass is 10.1. The number of carbonyl (C=O) groups is 1. The van der Waals surface area contributed by atoms with E-state index in [2.05, 4.69) is 29.7 Å². The van der Waals surface area contributed by atoms with Crippen LogP contribution in [0.2, 0.25) is 10.0 Å². The number of aromatic nitrogens is 2. The van der Waals surface area contributed by atoms with E-state index in [1.807, 2.05) is 45.0 Å². The average molecular weight is 541 g/mol. The van der Waals surface area contributed by atoms with Crippen LogP contribution in [0.1, 0.15) is 20.8 Å². The molecule has 12 heteroatoms. The van der Waals surface area contributed by atoms with Gasteiger partial charge >= 0.3 is 6.03 Å². The summed E-state index contributed by atoms with van der Waals surface area (Å²) in [7, 11) is 0. The first-order valence-corrected chi connectivity index (χ1v) is 12.5. The second-order valence-corrected chi connectivity index (χ2v) is 10.5. The smallest absolute Gasteiger partial charge is 0.320 e. The van der Waals surface area contributed by atoms with E-state index in [9.17, 15) is 4.79 Å². The number of rotatable bonds is 4. The Labute approximate surface area is 221 Å². The molecule has 3 aromatic rings. The number of urea groups is 1. The second kappa shape index (κ2) is 9.53. The van der Waals surface area contributed by atoms with Crippen molar-refractivity contribution in [1.29, 1.82) is 0 Å². The summed E-state index contributed by atoms with van der Waals surface area (Å²) >= 11 is 14.4. The quantitative estimate of drug-likeness (QED) is 0.401. The van der Waals surface area contributed by atoms with Gasteiger partial charge in [0.15, 0.2) is 0 Å². The molecule has 2 aliphatic rings. The molecule has 2 aliphatic heterocycles. The predicted octanol–water partition coefficient (Wildman–Crippen LogP) is 5.56. The van der Waals surface area contributed by atoms with Crippen LogP contribution in [-0.4, -0.2) is 38.7 Å². The third kappa shape index (κ3) is 5.06. The fourth-order valence-corrected chi connectivity index (χ4v) is 4.78. The molecule has 0 saturated heterocycles. The van der Waals surface area contributed by atoms with Crippen LogP contribution >= 0.6 is 34.9 Å². The van der Waals surface area contributed by atoms with Gasteiger partial charge < -0.3 is 10.6 Å². The Balaban J connectivity index is 1.51. The molecule has 184 valence electrons. The minimum atomic E-state index is -0.632. The van der Waals surface area contributed by atoms with Crippen molar-refractivity contribution in [3.05, 3.63) is 70.0 Å². The number of amides is 2. The Morgan fingerprint density at radius 1 is 1.06 bits per heavy atom. The Hall–Kier alpha value is -3.47. The molecular formula is C24H22Cl2N8OS. The molecule has 2 amide bonds. The molecule has 9 nitrogen and oxygen atoms in total. The van der Waals surface area contributed by atoms with Crippen molar-refractivity contribution in [1.82, 2.24) is 19.4 Å². The molecule has 0 saturated carbocycles. The van der Waals surface area contributed by atoms with Crippen molar-refractivity contribution in [3.8, 4) is 0 Å². The highest BCUT2D eigenvalue weighted by Crippen LogP contribution is 2.38. The minimum absolute atomic E-state index is 0.372. The number of carbonyl (C=O) groups excluding carboxylic acids is 1. The van der Waals surface area contributed by atoms with Crippen LogP contribution in [0.3, 0.4) is 0 Å². The molecule has 0 spiro atoms. The number of halogens is 2. The number of allylic oxidation sites excluding steroid dienone is 2. The van der Waals surface area contributed by atoms with E-state index < -0.39 is 11.8 Å². The molecule has 36 heavy (non-hydrogen) atoms. The maximum atomic E-state index is 12.8. The summed E-state index contributed by atoms with van der Waals surface area (Å²) < 4.78 is 8.52. The summed E-state index contributed by atoms with van der Waals surface area (Å²) in [5.41, 5.74) is 3.23. The summed E-state index contributed by atoms with van der Waals surface area (Å²) in [6, 6.07) is 10.5. The number of amidine groups is 1. The Kier molecular flexibility index (Phi) is 6.42. The minimum Gasteiger partial charge on any atom is -0.345 e. The fraction of sp³-hybridized carbons (Fsp3) is 0.208. The van der Waals surface area contributed by atoms with Gasteiger partial charge in [-0.05, 0) is 63.3 Å². The van der Waals surface area contributed by atoms with Crippen molar-refractivity contribution >= 4 is 75.4 Å². The summed E-state index contributed by atoms with van der Waals surface area (Å²) in [5, 5.41) is 9.92. The third-order valence-corrected chi connectivity index (χ3v) is 6.34. The van der Waals surface area contributed by atoms with Crippen LogP contribution in [0, 0.1) is 0 Å². The molecule has 2 aromatic carbocycles. The number of aliphatic imine (C=N–C) groups is 2. The molecule has 3 heterocycles. The maximum Gasteiger partial charge on any atom is 0.320 e. The number of nitrogens with one attached hydrogen (secondary N) is 3. The molecule has 0 fully saturated rings. The number of hydrogen-bond acceptors (Lipinski definition) is 8. The molecule has 0 aliphatic carbocycles. The first-order chi connectivity index (χ1) is 17.2. The Bertz CT molecular complexity index is 1450. The SMILES string of the molecule is CC(C)(C)NC(=O)NC1=CC=C2C=NC(Nc3ccc4nsnc4c3)N=C2N1c1c(Cl)cccc1Cl. The van der Waals surface area contributed by atoms with Crippen LogP contribution in [0.15, 0.2) is 69.9 Å². The van der Waals surface area contributed by atoms with Crippen molar-refractivity contribution in [2.24, 2.45) is 9.98 Å². The van der Waals surface area contributed by atoms with E-state index in [0.29, 0.717) is 27.4 Å². The second-order valence-electron chi connectivity index (χ2n) is 9.13. The lowest BCUT2D eigenvalue weighted by molar-refractivity contribution is 0.234. The summed E-state index contributed by atoms with van der Waals surface area (Å²) in [6.45, 7) is 5.71. The van der Waals surface area contributed by atoms with E-state index in [0.717, 1.165) is 34.0 Å². The zero-order valence-corrected chi connectivity index (χ0v) is 21.9. The van der Waals surface area contributed by atoms with Gasteiger partial charge in [0.05, 0.1) is 27.5 Å². The van der Waals surface area contributed by atoms with Crippen LogP contribution in [-0.2, 0) is 0 Å². The van der Waals surface area contributed by atoms with E-state index in [-0.39, 0.29) is 6.03 Å². The number of anilines is 2. The average Bonchev–Trinajstić information content (AvgIpc) is 3.27. The number of benzene rings is 2. The van der Waals surface area contributed by atoms with Crippen molar-refractivity contribution in [2.75, 3.05) is 10.2 Å². The maximum absolute atomic E-state index is 12.8. The normalized spacial score (nSPS) is 17.2. The molecular weight excluding hydrogens is 519 g/mol. The summed E-state index contributed by atoms with van der Waals surface area (Å²) in [5.74, 6) is 0.973. The summed E-state index contributed by atoms with van der Waals surface area (Å²) in [6.07, 6.45) is 4.69. The van der Waals surface area contributed by atoms with Crippen molar-refractivity contribution in [3.63, 3.8) is 0 Å². The number of nitrogens with zero attached hydrogens (tertiary/aromatic N) is 5. The van der Waals surface area contributed by atoms with Gasteiger partial charge in [0.25, 0.3) is 0 Å². The monoisotopic (exact) mass is 540 g/mol. The highest BCUT2D eigenvalue weighted by molar-refractivity contribution is 7.00. The van der Waals surface area contributed by atoms with Crippen LogP contribution in [0.25, 0.3) is 11.0 Å². The van der Waals surface area contributed by atoms with Gasteiger partial charge in [-0.15, -0.1) is 0 Å². The fourth-order valence-electron chi connectivity index (χ4n) is 3.70. The number of fused-ring (bicyclic) bond motifs is 2. The first-order valence-electron chi connectivity index (χ1n) is 11.0. The molecule has 0 bridgehead atoms. The van der Waals surface area contributed by atoms with E-state index in [4.69, 9.17) is 28.2 Å². The van der Waals surface area contributed by atoms with Crippen LogP contribution in [0.5, 0.6) is 0 Å². The summed E-state index contributed by atoms with van der Waals surface area (Å²) in [4.78, 5) is 23.9. The number of para-hydroxylation sites is 1. The largest absolute Gasteiger partial charge is 0.345 e. The van der Waals surface area contributed by atoms with Gasteiger partial charge in [0, 0.05) is 23.0 Å². The van der Waals surface area contributed by atoms with Crippen LogP contribution < -0.4 is 20.9 Å². The molecule has 1 aromatic heterocycles. The molecule has 5 rings (SSSR count). The Morgan fingerprint density at radius 2 is 1.81 bits per heavy atom. The molecule has 0 radical (unpaired) electrons.